The lowest BCUT2D eigenvalue weighted by molar-refractivity contribution is -0.125. The summed E-state index contributed by atoms with van der Waals surface area (Å²) < 4.78 is 0. The second-order valence-corrected chi connectivity index (χ2v) is 4.47. The van der Waals surface area contributed by atoms with E-state index in [-0.39, 0.29) is 18.0 Å². The molecule has 1 amide bonds. The van der Waals surface area contributed by atoms with Crippen molar-refractivity contribution in [2.45, 2.75) is 32.4 Å². The zero-order valence-electron chi connectivity index (χ0n) is 9.29. The van der Waals surface area contributed by atoms with Gasteiger partial charge in [0.25, 0.3) is 0 Å². The first-order valence-corrected chi connectivity index (χ1v) is 5.25. The molecule has 1 aliphatic heterocycles. The molecule has 0 saturated carbocycles. The van der Waals surface area contributed by atoms with Gasteiger partial charge in [0.15, 0.2) is 0 Å². The van der Waals surface area contributed by atoms with Crippen molar-refractivity contribution < 1.29 is 4.79 Å². The van der Waals surface area contributed by atoms with Crippen molar-refractivity contribution in [3.8, 4) is 0 Å². The molecule has 1 aliphatic rings. The fourth-order valence-electron chi connectivity index (χ4n) is 2.05. The van der Waals surface area contributed by atoms with E-state index in [1.165, 1.54) is 0 Å². The number of likely N-dealkylation sites (tertiary alicyclic amines) is 1. The second kappa shape index (κ2) is 4.75. The molecule has 0 aliphatic carbocycles. The van der Waals surface area contributed by atoms with Crippen LogP contribution in [0.15, 0.2) is 0 Å². The molecule has 1 heterocycles. The minimum Gasteiger partial charge on any atom is -0.358 e. The van der Waals surface area contributed by atoms with Crippen molar-refractivity contribution in [1.29, 1.82) is 0 Å². The molecule has 0 aromatic rings. The highest BCUT2D eigenvalue weighted by molar-refractivity contribution is 5.81. The molecule has 0 radical (unpaired) electrons. The van der Waals surface area contributed by atoms with Crippen molar-refractivity contribution in [3.63, 3.8) is 0 Å². The van der Waals surface area contributed by atoms with Gasteiger partial charge in [0.05, 0.1) is 6.04 Å². The Labute approximate surface area is 85.8 Å². The molecule has 0 unspecified atom stereocenters. The topological polar surface area (TPSA) is 58.4 Å². The Morgan fingerprint density at radius 1 is 1.64 bits per heavy atom. The van der Waals surface area contributed by atoms with Crippen LogP contribution in [0.3, 0.4) is 0 Å². The fraction of sp³-hybridized carbons (Fsp3) is 0.900. The molecule has 1 rings (SSSR count). The molecular weight excluding hydrogens is 178 g/mol. The summed E-state index contributed by atoms with van der Waals surface area (Å²) in [5.74, 6) is 0.672. The third kappa shape index (κ3) is 2.69. The van der Waals surface area contributed by atoms with E-state index in [0.29, 0.717) is 5.92 Å². The maximum atomic E-state index is 11.5. The zero-order chi connectivity index (χ0) is 10.7. The van der Waals surface area contributed by atoms with Gasteiger partial charge in [0.2, 0.25) is 5.91 Å². The van der Waals surface area contributed by atoms with Gasteiger partial charge in [0.1, 0.15) is 0 Å². The summed E-state index contributed by atoms with van der Waals surface area (Å²) >= 11 is 0. The first-order valence-electron chi connectivity index (χ1n) is 5.25. The normalized spacial score (nSPS) is 28.4. The lowest BCUT2D eigenvalue weighted by Crippen LogP contribution is -2.43. The van der Waals surface area contributed by atoms with Crippen molar-refractivity contribution in [2.24, 2.45) is 11.7 Å². The molecule has 14 heavy (non-hydrogen) atoms. The summed E-state index contributed by atoms with van der Waals surface area (Å²) in [7, 11) is 1.68. The predicted molar refractivity (Wildman–Crippen MR) is 56.9 cm³/mol. The maximum absolute atomic E-state index is 11.5. The van der Waals surface area contributed by atoms with Gasteiger partial charge in [-0.1, -0.05) is 13.8 Å². The van der Waals surface area contributed by atoms with E-state index in [1.807, 2.05) is 0 Å². The Bertz CT molecular complexity index is 206. The van der Waals surface area contributed by atoms with Crippen molar-refractivity contribution >= 4 is 5.91 Å². The number of carbonyl (C=O) groups is 1. The van der Waals surface area contributed by atoms with Crippen LogP contribution in [0.5, 0.6) is 0 Å². The average molecular weight is 199 g/mol. The largest absolute Gasteiger partial charge is 0.358 e. The summed E-state index contributed by atoms with van der Waals surface area (Å²) in [6.07, 6.45) is 0.784. The van der Waals surface area contributed by atoms with Gasteiger partial charge in [-0.3, -0.25) is 9.69 Å². The number of rotatable bonds is 3. The Balaban J connectivity index is 2.58. The van der Waals surface area contributed by atoms with E-state index >= 15 is 0 Å². The quantitative estimate of drug-likeness (QED) is 0.661. The number of hydrogen-bond acceptors (Lipinski definition) is 3. The molecule has 4 nitrogen and oxygen atoms in total. The van der Waals surface area contributed by atoms with Crippen LogP contribution >= 0.6 is 0 Å². The van der Waals surface area contributed by atoms with Crippen LogP contribution in [0, 0.1) is 5.92 Å². The number of nitrogens with two attached hydrogens (primary N) is 1. The number of nitrogens with zero attached hydrogens (tertiary/aromatic N) is 1. The van der Waals surface area contributed by atoms with Gasteiger partial charge in [0, 0.05) is 26.2 Å². The Hall–Kier alpha value is -0.610. The molecule has 1 saturated heterocycles. The van der Waals surface area contributed by atoms with Crippen LogP contribution in [0.1, 0.15) is 20.3 Å². The molecule has 0 spiro atoms. The van der Waals surface area contributed by atoms with Gasteiger partial charge in [-0.25, -0.2) is 0 Å². The van der Waals surface area contributed by atoms with Gasteiger partial charge >= 0.3 is 0 Å². The van der Waals surface area contributed by atoms with Crippen molar-refractivity contribution in [1.82, 2.24) is 10.2 Å². The van der Waals surface area contributed by atoms with Gasteiger partial charge < -0.3 is 11.1 Å². The fourth-order valence-corrected chi connectivity index (χ4v) is 2.05. The highest BCUT2D eigenvalue weighted by atomic mass is 16.2. The standard InChI is InChI=1S/C10H21N3O/c1-7(2)5-13-6-8(11)4-9(13)10(14)12-3/h7-9H,4-6,11H2,1-3H3,(H,12,14)/t8-,9+/m1/s1. The third-order valence-electron chi connectivity index (χ3n) is 2.58. The molecule has 1 fully saturated rings. The molecule has 4 heteroatoms. The highest BCUT2D eigenvalue weighted by Crippen LogP contribution is 2.17. The lowest BCUT2D eigenvalue weighted by atomic mass is 10.1. The number of carbonyl (C=O) groups excluding carboxylic acids is 1. The number of hydrogen-bond donors (Lipinski definition) is 2. The molecule has 0 aromatic heterocycles. The van der Waals surface area contributed by atoms with E-state index in [0.717, 1.165) is 19.5 Å². The molecule has 82 valence electrons. The molecule has 0 bridgehead atoms. The van der Waals surface area contributed by atoms with Crippen LogP contribution in [-0.4, -0.2) is 43.0 Å². The summed E-state index contributed by atoms with van der Waals surface area (Å²) in [4.78, 5) is 13.7. The number of amides is 1. The first-order chi connectivity index (χ1) is 6.54. The Morgan fingerprint density at radius 3 is 2.79 bits per heavy atom. The summed E-state index contributed by atoms with van der Waals surface area (Å²) in [6, 6.07) is 0.133. The second-order valence-electron chi connectivity index (χ2n) is 4.47. The lowest BCUT2D eigenvalue weighted by Gasteiger charge is -2.24. The summed E-state index contributed by atoms with van der Waals surface area (Å²) in [5, 5.41) is 2.69. The van der Waals surface area contributed by atoms with Crippen molar-refractivity contribution in [3.05, 3.63) is 0 Å². The number of likely N-dealkylation sites (N-methyl/N-ethyl adjacent to an activating group) is 1. The minimum atomic E-state index is -0.0163. The SMILES string of the molecule is CNC(=O)[C@@H]1C[C@@H](N)CN1CC(C)C. The summed E-state index contributed by atoms with van der Waals surface area (Å²) in [5.41, 5.74) is 5.86. The smallest absolute Gasteiger partial charge is 0.237 e. The van der Waals surface area contributed by atoms with Gasteiger partial charge in [-0.15, -0.1) is 0 Å². The van der Waals surface area contributed by atoms with E-state index in [9.17, 15) is 4.79 Å². The third-order valence-corrected chi connectivity index (χ3v) is 2.58. The van der Waals surface area contributed by atoms with E-state index in [2.05, 4.69) is 24.1 Å². The van der Waals surface area contributed by atoms with E-state index in [1.54, 1.807) is 7.05 Å². The Morgan fingerprint density at radius 2 is 2.29 bits per heavy atom. The van der Waals surface area contributed by atoms with E-state index < -0.39 is 0 Å². The molecule has 2 atom stereocenters. The van der Waals surface area contributed by atoms with Crippen LogP contribution in [0.2, 0.25) is 0 Å². The van der Waals surface area contributed by atoms with Gasteiger partial charge in [-0.2, -0.15) is 0 Å². The van der Waals surface area contributed by atoms with Crippen LogP contribution in [-0.2, 0) is 4.79 Å². The minimum absolute atomic E-state index is 0.0163. The molecular formula is C10H21N3O. The average Bonchev–Trinajstić information content (AvgIpc) is 2.44. The van der Waals surface area contributed by atoms with Crippen molar-refractivity contribution in [2.75, 3.05) is 20.1 Å². The maximum Gasteiger partial charge on any atom is 0.237 e. The first kappa shape index (κ1) is 11.5. The highest BCUT2D eigenvalue weighted by Gasteiger charge is 2.34. The number of nitrogens with one attached hydrogen (secondary N) is 1. The van der Waals surface area contributed by atoms with Gasteiger partial charge in [-0.05, 0) is 12.3 Å². The predicted octanol–water partition coefficient (Wildman–Crippen LogP) is -0.210. The monoisotopic (exact) mass is 199 g/mol. The summed E-state index contributed by atoms with van der Waals surface area (Å²) in [6.45, 7) is 6.11. The molecule has 3 N–H and O–H groups in total. The van der Waals surface area contributed by atoms with Crippen LogP contribution in [0.4, 0.5) is 0 Å². The van der Waals surface area contributed by atoms with Crippen LogP contribution < -0.4 is 11.1 Å². The molecule has 0 aromatic carbocycles. The van der Waals surface area contributed by atoms with E-state index in [4.69, 9.17) is 5.73 Å². The zero-order valence-corrected chi connectivity index (χ0v) is 9.29. The Kier molecular flexibility index (Phi) is 3.89. The van der Waals surface area contributed by atoms with Crippen LogP contribution in [0.25, 0.3) is 0 Å².